The van der Waals surface area contributed by atoms with Gasteiger partial charge in [0.05, 0.1) is 35.4 Å². The van der Waals surface area contributed by atoms with Crippen molar-refractivity contribution in [3.63, 3.8) is 0 Å². The zero-order chi connectivity index (χ0) is 21.8. The molecule has 0 atom stereocenters. The van der Waals surface area contributed by atoms with Crippen LogP contribution in [0.4, 0.5) is 0 Å². The molecule has 0 aliphatic carbocycles. The highest BCUT2D eigenvalue weighted by molar-refractivity contribution is 7.71. The lowest BCUT2D eigenvalue weighted by Crippen LogP contribution is -2.06. The lowest BCUT2D eigenvalue weighted by molar-refractivity contribution is 0.0525. The van der Waals surface area contributed by atoms with E-state index in [-0.39, 0.29) is 0 Å². The zero-order valence-corrected chi connectivity index (χ0v) is 19.4. The molecule has 1 heterocycles. The Morgan fingerprint density at radius 3 is 2.23 bits per heavy atom. The first kappa shape index (κ1) is 24.2. The van der Waals surface area contributed by atoms with Crippen molar-refractivity contribution >= 4 is 29.1 Å². The van der Waals surface area contributed by atoms with Gasteiger partial charge in [-0.25, -0.2) is 4.79 Å². The van der Waals surface area contributed by atoms with Crippen molar-refractivity contribution in [1.82, 2.24) is 4.98 Å². The van der Waals surface area contributed by atoms with E-state index in [1.54, 1.807) is 13.1 Å². The summed E-state index contributed by atoms with van der Waals surface area (Å²) < 4.78 is 17.4. The van der Waals surface area contributed by atoms with E-state index in [0.717, 1.165) is 23.7 Å². The molecule has 1 aromatic heterocycles. The molecule has 6 heteroatoms. The van der Waals surface area contributed by atoms with Gasteiger partial charge in [-0.05, 0) is 26.3 Å². The van der Waals surface area contributed by atoms with Crippen LogP contribution < -0.4 is 9.47 Å². The van der Waals surface area contributed by atoms with Gasteiger partial charge in [-0.3, -0.25) is 0 Å². The summed E-state index contributed by atoms with van der Waals surface area (Å²) in [5, 5.41) is 0.755. The van der Waals surface area contributed by atoms with E-state index in [1.165, 1.54) is 38.5 Å². The number of ether oxygens (including phenoxy) is 3. The third kappa shape index (κ3) is 7.01. The van der Waals surface area contributed by atoms with Crippen molar-refractivity contribution in [2.75, 3.05) is 19.8 Å². The number of benzene rings is 1. The number of esters is 1. The van der Waals surface area contributed by atoms with Gasteiger partial charge in [0.1, 0.15) is 0 Å². The third-order valence-electron chi connectivity index (χ3n) is 5.00. The number of pyridine rings is 1. The summed E-state index contributed by atoms with van der Waals surface area (Å²) in [4.78, 5) is 15.3. The van der Waals surface area contributed by atoms with Crippen molar-refractivity contribution in [2.24, 2.45) is 0 Å². The van der Waals surface area contributed by atoms with Gasteiger partial charge in [0.15, 0.2) is 11.5 Å². The second-order valence-corrected chi connectivity index (χ2v) is 7.76. The first-order chi connectivity index (χ1) is 14.6. The maximum Gasteiger partial charge on any atom is 0.341 e. The molecule has 0 aliphatic rings. The van der Waals surface area contributed by atoms with Gasteiger partial charge in [0, 0.05) is 17.6 Å². The fourth-order valence-electron chi connectivity index (χ4n) is 3.39. The van der Waals surface area contributed by atoms with E-state index in [1.807, 2.05) is 19.1 Å². The highest BCUT2D eigenvalue weighted by Gasteiger charge is 2.14. The van der Waals surface area contributed by atoms with Gasteiger partial charge >= 0.3 is 5.97 Å². The van der Waals surface area contributed by atoms with Crippen molar-refractivity contribution in [2.45, 2.75) is 72.1 Å². The molecule has 0 unspecified atom stereocenters. The zero-order valence-electron chi connectivity index (χ0n) is 18.6. The van der Waals surface area contributed by atoms with Crippen LogP contribution in [-0.2, 0) is 4.74 Å². The molecule has 0 amide bonds. The van der Waals surface area contributed by atoms with Crippen molar-refractivity contribution in [3.8, 4) is 11.5 Å². The molecule has 0 spiro atoms. The van der Waals surface area contributed by atoms with Crippen LogP contribution >= 0.6 is 12.2 Å². The van der Waals surface area contributed by atoms with Crippen LogP contribution in [0.1, 0.15) is 82.5 Å². The molecule has 166 valence electrons. The molecule has 1 N–H and O–H groups in total. The van der Waals surface area contributed by atoms with Gasteiger partial charge in [-0.15, -0.1) is 0 Å². The molecule has 0 aliphatic heterocycles. The van der Waals surface area contributed by atoms with E-state index in [0.29, 0.717) is 41.4 Å². The predicted octanol–water partition coefficient (Wildman–Crippen LogP) is 6.99. The minimum Gasteiger partial charge on any atom is -0.490 e. The van der Waals surface area contributed by atoms with E-state index in [2.05, 4.69) is 11.9 Å². The SMILES string of the molecule is CCCCCCCCCCOc1cc2c(=S)c(C(=O)OCC)c[nH]c2cc1OCC. The Balaban J connectivity index is 2.05. The smallest absolute Gasteiger partial charge is 0.341 e. The van der Waals surface area contributed by atoms with Crippen LogP contribution in [0.25, 0.3) is 10.9 Å². The molecule has 2 aromatic rings. The largest absolute Gasteiger partial charge is 0.490 e. The Morgan fingerprint density at radius 1 is 0.900 bits per heavy atom. The maximum absolute atomic E-state index is 12.2. The van der Waals surface area contributed by atoms with Crippen LogP contribution in [0.3, 0.4) is 0 Å². The number of hydrogen-bond acceptors (Lipinski definition) is 5. The number of nitrogens with one attached hydrogen (secondary N) is 1. The van der Waals surface area contributed by atoms with Crippen LogP contribution in [0.15, 0.2) is 18.3 Å². The number of unbranched alkanes of at least 4 members (excludes halogenated alkanes) is 7. The number of aromatic amines is 1. The van der Waals surface area contributed by atoms with Crippen LogP contribution in [0.5, 0.6) is 11.5 Å². The summed E-state index contributed by atoms with van der Waals surface area (Å²) in [5.74, 6) is 0.919. The quantitative estimate of drug-likeness (QED) is 0.198. The van der Waals surface area contributed by atoms with E-state index >= 15 is 0 Å². The van der Waals surface area contributed by atoms with E-state index < -0.39 is 5.97 Å². The molecule has 5 nitrogen and oxygen atoms in total. The second kappa shape index (κ2) is 13.3. The topological polar surface area (TPSA) is 60.5 Å². The average molecular weight is 434 g/mol. The van der Waals surface area contributed by atoms with Crippen LogP contribution in [0.2, 0.25) is 0 Å². The van der Waals surface area contributed by atoms with Gasteiger partial charge < -0.3 is 19.2 Å². The van der Waals surface area contributed by atoms with E-state index in [4.69, 9.17) is 26.4 Å². The van der Waals surface area contributed by atoms with Gasteiger partial charge in [0.25, 0.3) is 0 Å². The highest BCUT2D eigenvalue weighted by atomic mass is 32.1. The molecule has 0 radical (unpaired) electrons. The number of H-pyrrole nitrogens is 1. The minimum absolute atomic E-state index is 0.307. The molecule has 0 saturated heterocycles. The number of hydrogen-bond donors (Lipinski definition) is 1. The van der Waals surface area contributed by atoms with Crippen molar-refractivity contribution in [3.05, 3.63) is 28.4 Å². The van der Waals surface area contributed by atoms with Crippen molar-refractivity contribution in [1.29, 1.82) is 0 Å². The van der Waals surface area contributed by atoms with E-state index in [9.17, 15) is 4.79 Å². The third-order valence-corrected chi connectivity index (χ3v) is 5.44. The molecule has 0 saturated carbocycles. The van der Waals surface area contributed by atoms with Gasteiger partial charge in [-0.2, -0.15) is 0 Å². The summed E-state index contributed by atoms with van der Waals surface area (Å²) in [6.45, 7) is 7.44. The highest BCUT2D eigenvalue weighted by Crippen LogP contribution is 2.33. The predicted molar refractivity (Wildman–Crippen MR) is 124 cm³/mol. The summed E-state index contributed by atoms with van der Waals surface area (Å²) in [7, 11) is 0. The van der Waals surface area contributed by atoms with Gasteiger partial charge in [-0.1, -0.05) is 64.1 Å². The number of fused-ring (bicyclic) bond motifs is 1. The molecule has 1 aromatic carbocycles. The molecular formula is C24H35NO4S. The summed E-state index contributed by atoms with van der Waals surface area (Å²) in [6.07, 6.45) is 11.6. The average Bonchev–Trinajstić information content (AvgIpc) is 2.73. The monoisotopic (exact) mass is 433 g/mol. The summed E-state index contributed by atoms with van der Waals surface area (Å²) >= 11 is 5.55. The van der Waals surface area contributed by atoms with Crippen molar-refractivity contribution < 1.29 is 19.0 Å². The van der Waals surface area contributed by atoms with Crippen LogP contribution in [-0.4, -0.2) is 30.8 Å². The van der Waals surface area contributed by atoms with Crippen LogP contribution in [0, 0.1) is 4.51 Å². The molecule has 0 bridgehead atoms. The Hall–Kier alpha value is -2.08. The maximum atomic E-state index is 12.2. The number of rotatable bonds is 14. The Kier molecular flexibility index (Phi) is 10.7. The lowest BCUT2D eigenvalue weighted by Gasteiger charge is -2.14. The first-order valence-electron chi connectivity index (χ1n) is 11.2. The minimum atomic E-state index is -0.420. The molecular weight excluding hydrogens is 398 g/mol. The molecule has 30 heavy (non-hydrogen) atoms. The molecule has 2 rings (SSSR count). The summed E-state index contributed by atoms with van der Waals surface area (Å²) in [6, 6.07) is 3.75. The lowest BCUT2D eigenvalue weighted by atomic mass is 10.1. The standard InChI is InChI=1S/C24H35NO4S/c1-4-7-8-9-10-11-12-13-14-29-21-15-18-20(16-22(21)27-5-2)25-17-19(23(18)30)24(26)28-6-3/h15-17H,4-14H2,1-3H3,(H,25,30). The second-order valence-electron chi connectivity index (χ2n) is 7.35. The fourth-order valence-corrected chi connectivity index (χ4v) is 3.70. The molecule has 0 fully saturated rings. The van der Waals surface area contributed by atoms with Gasteiger partial charge in [0.2, 0.25) is 0 Å². The Bertz CT molecular complexity index is 862. The Labute approximate surface area is 185 Å². The number of carbonyl (C=O) groups excluding carboxylic acids is 1. The first-order valence-corrected chi connectivity index (χ1v) is 11.6. The fraction of sp³-hybridized carbons (Fsp3) is 0.583. The number of carbonyl (C=O) groups is 1. The summed E-state index contributed by atoms with van der Waals surface area (Å²) in [5.41, 5.74) is 1.16. The normalized spacial score (nSPS) is 10.9. The number of aromatic nitrogens is 1. The Morgan fingerprint density at radius 2 is 1.57 bits per heavy atom.